The molecule has 0 fully saturated rings. The summed E-state index contributed by atoms with van der Waals surface area (Å²) in [6.07, 6.45) is 0.920. The van der Waals surface area contributed by atoms with Crippen LogP contribution in [0.4, 0.5) is 0 Å². The average molecular weight is 218 g/mol. The largest absolute Gasteiger partial charge is 0.481 e. The standard InChI is InChI=1S/C10H18O5/c1-10(2,7-8(12)13)9(14)15-6-4-3-5-11/h11H,3-7H2,1-2H3,(H,12,13). The predicted molar refractivity (Wildman–Crippen MR) is 53.3 cm³/mol. The van der Waals surface area contributed by atoms with Crippen LogP contribution in [0, 0.1) is 5.41 Å². The van der Waals surface area contributed by atoms with Gasteiger partial charge in [-0.3, -0.25) is 9.59 Å². The molecule has 0 radical (unpaired) electrons. The summed E-state index contributed by atoms with van der Waals surface area (Å²) in [4.78, 5) is 21.9. The lowest BCUT2D eigenvalue weighted by Crippen LogP contribution is -2.29. The van der Waals surface area contributed by atoms with Gasteiger partial charge in [0.25, 0.3) is 0 Å². The molecular weight excluding hydrogens is 200 g/mol. The normalized spacial score (nSPS) is 11.1. The molecule has 0 aliphatic rings. The molecule has 15 heavy (non-hydrogen) atoms. The number of aliphatic carboxylic acids is 1. The number of esters is 1. The first kappa shape index (κ1) is 13.9. The van der Waals surface area contributed by atoms with Crippen LogP contribution in [-0.2, 0) is 14.3 Å². The molecule has 0 aliphatic heterocycles. The van der Waals surface area contributed by atoms with Crippen LogP contribution in [0.15, 0.2) is 0 Å². The Kier molecular flexibility index (Phi) is 5.93. The number of rotatable bonds is 7. The van der Waals surface area contributed by atoms with E-state index in [2.05, 4.69) is 0 Å². The second-order valence-corrected chi connectivity index (χ2v) is 4.02. The fraction of sp³-hybridized carbons (Fsp3) is 0.800. The van der Waals surface area contributed by atoms with Crippen LogP contribution in [0.1, 0.15) is 33.1 Å². The van der Waals surface area contributed by atoms with E-state index in [9.17, 15) is 9.59 Å². The van der Waals surface area contributed by atoms with Crippen LogP contribution < -0.4 is 0 Å². The minimum Gasteiger partial charge on any atom is -0.481 e. The van der Waals surface area contributed by atoms with Gasteiger partial charge in [-0.1, -0.05) is 0 Å². The van der Waals surface area contributed by atoms with Crippen molar-refractivity contribution in [3.05, 3.63) is 0 Å². The molecular formula is C10H18O5. The lowest BCUT2D eigenvalue weighted by molar-refractivity contribution is -0.159. The molecule has 0 aromatic heterocycles. The van der Waals surface area contributed by atoms with Crippen LogP contribution in [0.2, 0.25) is 0 Å². The third kappa shape index (κ3) is 6.06. The molecule has 0 saturated heterocycles. The van der Waals surface area contributed by atoms with Crippen molar-refractivity contribution in [2.24, 2.45) is 5.41 Å². The highest BCUT2D eigenvalue weighted by atomic mass is 16.5. The molecule has 5 nitrogen and oxygen atoms in total. The SMILES string of the molecule is CC(C)(CC(=O)O)C(=O)OCCCCO. The molecule has 0 atom stereocenters. The summed E-state index contributed by atoms with van der Waals surface area (Å²) in [5, 5.41) is 17.1. The molecule has 0 amide bonds. The smallest absolute Gasteiger partial charge is 0.312 e. The first-order chi connectivity index (χ1) is 6.90. The maximum absolute atomic E-state index is 11.4. The van der Waals surface area contributed by atoms with Crippen LogP contribution in [0.25, 0.3) is 0 Å². The minimum atomic E-state index is -1.02. The lowest BCUT2D eigenvalue weighted by Gasteiger charge is -2.20. The monoisotopic (exact) mass is 218 g/mol. The Morgan fingerprint density at radius 2 is 1.87 bits per heavy atom. The second-order valence-electron chi connectivity index (χ2n) is 4.02. The molecule has 5 heteroatoms. The van der Waals surface area contributed by atoms with Crippen molar-refractivity contribution < 1.29 is 24.5 Å². The topological polar surface area (TPSA) is 83.8 Å². The van der Waals surface area contributed by atoms with Crippen molar-refractivity contribution in [3.8, 4) is 0 Å². The van der Waals surface area contributed by atoms with E-state index >= 15 is 0 Å². The summed E-state index contributed by atoms with van der Waals surface area (Å²) in [5.74, 6) is -1.53. The summed E-state index contributed by atoms with van der Waals surface area (Å²) in [6, 6.07) is 0. The van der Waals surface area contributed by atoms with Crippen molar-refractivity contribution in [1.29, 1.82) is 0 Å². The Balaban J connectivity index is 3.91. The van der Waals surface area contributed by atoms with Gasteiger partial charge in [0.05, 0.1) is 18.4 Å². The second kappa shape index (κ2) is 6.40. The zero-order chi connectivity index (χ0) is 11.9. The molecule has 0 rings (SSSR count). The fourth-order valence-electron chi connectivity index (χ4n) is 1.02. The number of aliphatic hydroxyl groups is 1. The summed E-state index contributed by atoms with van der Waals surface area (Å²) in [6.45, 7) is 3.36. The van der Waals surface area contributed by atoms with Crippen molar-refractivity contribution >= 4 is 11.9 Å². The molecule has 0 bridgehead atoms. The van der Waals surface area contributed by atoms with E-state index in [1.807, 2.05) is 0 Å². The number of carboxylic acids is 1. The van der Waals surface area contributed by atoms with Gasteiger partial charge in [0.1, 0.15) is 0 Å². The van der Waals surface area contributed by atoms with Crippen LogP contribution in [0.3, 0.4) is 0 Å². The summed E-state index contributed by atoms with van der Waals surface area (Å²) >= 11 is 0. The molecule has 0 heterocycles. The third-order valence-electron chi connectivity index (χ3n) is 1.93. The Morgan fingerprint density at radius 3 is 2.33 bits per heavy atom. The summed E-state index contributed by atoms with van der Waals surface area (Å²) < 4.78 is 4.90. The molecule has 88 valence electrons. The number of ether oxygens (including phenoxy) is 1. The molecule has 0 aromatic carbocycles. The number of aliphatic hydroxyl groups excluding tert-OH is 1. The first-order valence-corrected chi connectivity index (χ1v) is 4.90. The maximum Gasteiger partial charge on any atom is 0.312 e. The van der Waals surface area contributed by atoms with E-state index in [4.69, 9.17) is 14.9 Å². The van der Waals surface area contributed by atoms with Gasteiger partial charge < -0.3 is 14.9 Å². The molecule has 0 saturated carbocycles. The fourth-order valence-corrected chi connectivity index (χ4v) is 1.02. The predicted octanol–water partition coefficient (Wildman–Crippen LogP) is 0.803. The number of hydrogen-bond acceptors (Lipinski definition) is 4. The van der Waals surface area contributed by atoms with Gasteiger partial charge in [-0.2, -0.15) is 0 Å². The van der Waals surface area contributed by atoms with E-state index in [0.717, 1.165) is 0 Å². The van der Waals surface area contributed by atoms with E-state index in [1.54, 1.807) is 0 Å². The summed E-state index contributed by atoms with van der Waals surface area (Å²) in [5.41, 5.74) is -0.995. The van der Waals surface area contributed by atoms with Crippen LogP contribution in [0.5, 0.6) is 0 Å². The van der Waals surface area contributed by atoms with Gasteiger partial charge in [-0.25, -0.2) is 0 Å². The highest BCUT2D eigenvalue weighted by Crippen LogP contribution is 2.22. The number of carbonyl (C=O) groups excluding carboxylic acids is 1. The number of carbonyl (C=O) groups is 2. The maximum atomic E-state index is 11.4. The zero-order valence-corrected chi connectivity index (χ0v) is 9.15. The van der Waals surface area contributed by atoms with Crippen molar-refractivity contribution in [2.45, 2.75) is 33.1 Å². The van der Waals surface area contributed by atoms with E-state index in [-0.39, 0.29) is 19.6 Å². The Morgan fingerprint density at radius 1 is 1.27 bits per heavy atom. The van der Waals surface area contributed by atoms with Gasteiger partial charge in [-0.15, -0.1) is 0 Å². The Labute approximate surface area is 89.0 Å². The molecule has 0 aliphatic carbocycles. The zero-order valence-electron chi connectivity index (χ0n) is 9.15. The highest BCUT2D eigenvalue weighted by Gasteiger charge is 2.31. The lowest BCUT2D eigenvalue weighted by atomic mass is 9.90. The highest BCUT2D eigenvalue weighted by molar-refractivity contribution is 5.81. The number of unbranched alkanes of at least 4 members (excludes halogenated alkanes) is 1. The number of hydrogen-bond donors (Lipinski definition) is 2. The molecule has 0 unspecified atom stereocenters. The van der Waals surface area contributed by atoms with Gasteiger partial charge in [0, 0.05) is 6.61 Å². The van der Waals surface area contributed by atoms with E-state index in [0.29, 0.717) is 12.8 Å². The van der Waals surface area contributed by atoms with Crippen molar-refractivity contribution in [3.63, 3.8) is 0 Å². The first-order valence-electron chi connectivity index (χ1n) is 4.90. The number of carboxylic acid groups (broad SMARTS) is 1. The summed E-state index contributed by atoms with van der Waals surface area (Å²) in [7, 11) is 0. The Hall–Kier alpha value is -1.10. The van der Waals surface area contributed by atoms with Gasteiger partial charge in [0.15, 0.2) is 0 Å². The average Bonchev–Trinajstić information content (AvgIpc) is 2.10. The molecule has 0 spiro atoms. The molecule has 2 N–H and O–H groups in total. The minimum absolute atomic E-state index is 0.0655. The van der Waals surface area contributed by atoms with Gasteiger partial charge in [-0.05, 0) is 26.7 Å². The van der Waals surface area contributed by atoms with Crippen molar-refractivity contribution in [1.82, 2.24) is 0 Å². The van der Waals surface area contributed by atoms with E-state index in [1.165, 1.54) is 13.8 Å². The van der Waals surface area contributed by atoms with Crippen LogP contribution >= 0.6 is 0 Å². The van der Waals surface area contributed by atoms with E-state index < -0.39 is 17.4 Å². The van der Waals surface area contributed by atoms with Crippen molar-refractivity contribution in [2.75, 3.05) is 13.2 Å². The Bertz CT molecular complexity index is 222. The quantitative estimate of drug-likeness (QED) is 0.488. The third-order valence-corrected chi connectivity index (χ3v) is 1.93. The van der Waals surface area contributed by atoms with Crippen LogP contribution in [-0.4, -0.2) is 35.4 Å². The van der Waals surface area contributed by atoms with Gasteiger partial charge >= 0.3 is 11.9 Å². The molecule has 0 aromatic rings. The van der Waals surface area contributed by atoms with Gasteiger partial charge in [0.2, 0.25) is 0 Å².